The van der Waals surface area contributed by atoms with Gasteiger partial charge in [0.2, 0.25) is 0 Å². The Balaban J connectivity index is 1.84. The molecule has 0 saturated carbocycles. The van der Waals surface area contributed by atoms with Crippen LogP contribution in [0.1, 0.15) is 32.6 Å². The average molecular weight is 218 g/mol. The Bertz CT molecular complexity index is 211. The van der Waals surface area contributed by atoms with E-state index in [4.69, 9.17) is 0 Å². The van der Waals surface area contributed by atoms with Gasteiger partial charge in [-0.3, -0.25) is 4.90 Å². The number of nitrogens with one attached hydrogen (secondary N) is 1. The molecule has 0 aliphatic carbocycles. The second-order valence-corrected chi connectivity index (χ2v) is 4.93. The van der Waals surface area contributed by atoms with E-state index >= 15 is 0 Å². The van der Waals surface area contributed by atoms with Crippen LogP contribution in [-0.4, -0.2) is 42.5 Å². The van der Waals surface area contributed by atoms with E-state index in [1.807, 2.05) is 0 Å². The summed E-state index contributed by atoms with van der Waals surface area (Å²) in [6.45, 7) is 4.35. The van der Waals surface area contributed by atoms with Crippen molar-refractivity contribution in [2.45, 2.75) is 50.6 Å². The zero-order valence-corrected chi connectivity index (χ0v) is 9.31. The largest absolute Gasteiger partial charge is 0.314 e. The number of likely N-dealkylation sites (tertiary alicyclic amines) is 1. The highest BCUT2D eigenvalue weighted by Gasteiger charge is 2.36. The summed E-state index contributed by atoms with van der Waals surface area (Å²) in [6.07, 6.45) is 2.30. The molecule has 2 unspecified atom stereocenters. The number of alkyl halides is 2. The van der Waals surface area contributed by atoms with Gasteiger partial charge < -0.3 is 5.32 Å². The lowest BCUT2D eigenvalue weighted by atomic mass is 9.96. The summed E-state index contributed by atoms with van der Waals surface area (Å²) in [5.41, 5.74) is 0. The molecule has 0 bridgehead atoms. The maximum atomic E-state index is 13.0. The molecular formula is C11H20F2N2. The van der Waals surface area contributed by atoms with Crippen molar-refractivity contribution in [3.05, 3.63) is 0 Å². The number of hydrogen-bond donors (Lipinski definition) is 1. The van der Waals surface area contributed by atoms with Crippen molar-refractivity contribution in [2.75, 3.05) is 19.6 Å². The van der Waals surface area contributed by atoms with Gasteiger partial charge in [-0.25, -0.2) is 8.78 Å². The quantitative estimate of drug-likeness (QED) is 0.722. The third kappa shape index (κ3) is 2.88. The minimum Gasteiger partial charge on any atom is -0.314 e. The fourth-order valence-electron chi connectivity index (χ4n) is 2.65. The average Bonchev–Trinajstić information content (AvgIpc) is 2.17. The van der Waals surface area contributed by atoms with Gasteiger partial charge in [-0.2, -0.15) is 0 Å². The standard InChI is InChI=1S/C11H20F2N2/c1-9-8-10(2-5-14-9)15-6-3-11(12,13)4-7-15/h9-10,14H,2-8H2,1H3. The van der Waals surface area contributed by atoms with Crippen molar-refractivity contribution in [3.8, 4) is 0 Å². The molecule has 2 nitrogen and oxygen atoms in total. The first-order valence-corrected chi connectivity index (χ1v) is 5.92. The molecule has 0 aromatic carbocycles. The van der Waals surface area contributed by atoms with E-state index in [0.717, 1.165) is 19.4 Å². The molecule has 2 saturated heterocycles. The number of hydrogen-bond acceptors (Lipinski definition) is 2. The second-order valence-electron chi connectivity index (χ2n) is 4.93. The van der Waals surface area contributed by atoms with Crippen LogP contribution in [0.5, 0.6) is 0 Å². The summed E-state index contributed by atoms with van der Waals surface area (Å²) in [4.78, 5) is 2.26. The fourth-order valence-corrected chi connectivity index (χ4v) is 2.65. The highest BCUT2D eigenvalue weighted by atomic mass is 19.3. The predicted molar refractivity (Wildman–Crippen MR) is 56.2 cm³/mol. The molecule has 15 heavy (non-hydrogen) atoms. The molecule has 2 heterocycles. The third-order valence-corrected chi connectivity index (χ3v) is 3.64. The molecule has 2 atom stereocenters. The molecule has 2 aliphatic rings. The normalized spacial score (nSPS) is 37.8. The first-order chi connectivity index (χ1) is 7.07. The van der Waals surface area contributed by atoms with Crippen LogP contribution in [0.4, 0.5) is 8.78 Å². The topological polar surface area (TPSA) is 15.3 Å². The van der Waals surface area contributed by atoms with Gasteiger partial charge in [-0.1, -0.05) is 0 Å². The highest BCUT2D eigenvalue weighted by Crippen LogP contribution is 2.30. The van der Waals surface area contributed by atoms with Crippen LogP contribution in [-0.2, 0) is 0 Å². The van der Waals surface area contributed by atoms with Gasteiger partial charge in [0.1, 0.15) is 0 Å². The maximum absolute atomic E-state index is 13.0. The van der Waals surface area contributed by atoms with Gasteiger partial charge >= 0.3 is 0 Å². The molecule has 2 fully saturated rings. The highest BCUT2D eigenvalue weighted by molar-refractivity contribution is 4.86. The summed E-state index contributed by atoms with van der Waals surface area (Å²) < 4.78 is 26.0. The van der Waals surface area contributed by atoms with Crippen LogP contribution < -0.4 is 5.32 Å². The van der Waals surface area contributed by atoms with E-state index in [0.29, 0.717) is 25.2 Å². The molecule has 0 amide bonds. The van der Waals surface area contributed by atoms with E-state index in [1.165, 1.54) is 0 Å². The van der Waals surface area contributed by atoms with Gasteiger partial charge in [0.25, 0.3) is 5.92 Å². The maximum Gasteiger partial charge on any atom is 0.250 e. The van der Waals surface area contributed by atoms with E-state index in [-0.39, 0.29) is 12.8 Å². The molecule has 2 rings (SSSR count). The first kappa shape index (κ1) is 11.3. The molecule has 0 radical (unpaired) electrons. The van der Waals surface area contributed by atoms with E-state index in [2.05, 4.69) is 17.1 Å². The summed E-state index contributed by atoms with van der Waals surface area (Å²) in [6, 6.07) is 1.06. The Morgan fingerprint density at radius 3 is 2.53 bits per heavy atom. The Morgan fingerprint density at radius 1 is 1.27 bits per heavy atom. The van der Waals surface area contributed by atoms with Crippen molar-refractivity contribution >= 4 is 0 Å². The molecular weight excluding hydrogens is 198 g/mol. The molecule has 0 aromatic heterocycles. The Labute approximate surface area is 90.0 Å². The minimum absolute atomic E-state index is 0.0469. The van der Waals surface area contributed by atoms with Crippen LogP contribution in [0.25, 0.3) is 0 Å². The monoisotopic (exact) mass is 218 g/mol. The fraction of sp³-hybridized carbons (Fsp3) is 1.00. The minimum atomic E-state index is -2.41. The van der Waals surface area contributed by atoms with Gasteiger partial charge in [-0.15, -0.1) is 0 Å². The predicted octanol–water partition coefficient (Wildman–Crippen LogP) is 1.86. The lowest BCUT2D eigenvalue weighted by molar-refractivity contribution is -0.0659. The lowest BCUT2D eigenvalue weighted by Crippen LogP contribution is -2.50. The SMILES string of the molecule is CC1CC(N2CCC(F)(F)CC2)CCN1. The molecule has 4 heteroatoms. The van der Waals surface area contributed by atoms with Gasteiger partial charge in [-0.05, 0) is 26.3 Å². The molecule has 1 N–H and O–H groups in total. The van der Waals surface area contributed by atoms with E-state index in [1.54, 1.807) is 0 Å². The Kier molecular flexibility index (Phi) is 3.26. The first-order valence-electron chi connectivity index (χ1n) is 5.92. The van der Waals surface area contributed by atoms with E-state index < -0.39 is 5.92 Å². The van der Waals surface area contributed by atoms with Gasteiger partial charge in [0, 0.05) is 38.0 Å². The number of nitrogens with zero attached hydrogens (tertiary/aromatic N) is 1. The number of rotatable bonds is 1. The van der Waals surface area contributed by atoms with Gasteiger partial charge in [0.15, 0.2) is 0 Å². The van der Waals surface area contributed by atoms with Crippen molar-refractivity contribution in [1.29, 1.82) is 0 Å². The van der Waals surface area contributed by atoms with Gasteiger partial charge in [0.05, 0.1) is 0 Å². The van der Waals surface area contributed by atoms with E-state index in [9.17, 15) is 8.78 Å². The molecule has 0 aromatic rings. The molecule has 2 aliphatic heterocycles. The number of halogens is 2. The summed E-state index contributed by atoms with van der Waals surface area (Å²) >= 11 is 0. The molecule has 0 spiro atoms. The summed E-state index contributed by atoms with van der Waals surface area (Å²) in [5.74, 6) is -2.41. The van der Waals surface area contributed by atoms with Crippen LogP contribution in [0, 0.1) is 0 Å². The Morgan fingerprint density at radius 2 is 1.93 bits per heavy atom. The number of piperidine rings is 2. The van der Waals surface area contributed by atoms with Crippen LogP contribution >= 0.6 is 0 Å². The second kappa shape index (κ2) is 4.34. The molecule has 88 valence electrons. The van der Waals surface area contributed by atoms with Crippen LogP contribution in [0.2, 0.25) is 0 Å². The zero-order chi connectivity index (χ0) is 10.9. The van der Waals surface area contributed by atoms with Crippen molar-refractivity contribution < 1.29 is 8.78 Å². The smallest absolute Gasteiger partial charge is 0.250 e. The van der Waals surface area contributed by atoms with Crippen LogP contribution in [0.3, 0.4) is 0 Å². The van der Waals surface area contributed by atoms with Crippen molar-refractivity contribution in [1.82, 2.24) is 10.2 Å². The van der Waals surface area contributed by atoms with Crippen molar-refractivity contribution in [3.63, 3.8) is 0 Å². The zero-order valence-electron chi connectivity index (χ0n) is 9.31. The Hall–Kier alpha value is -0.220. The lowest BCUT2D eigenvalue weighted by Gasteiger charge is -2.40. The van der Waals surface area contributed by atoms with Crippen molar-refractivity contribution in [2.24, 2.45) is 0 Å². The third-order valence-electron chi connectivity index (χ3n) is 3.64. The summed E-state index contributed by atoms with van der Waals surface area (Å²) in [7, 11) is 0. The summed E-state index contributed by atoms with van der Waals surface area (Å²) in [5, 5.41) is 3.39. The van der Waals surface area contributed by atoms with Crippen LogP contribution in [0.15, 0.2) is 0 Å².